The Bertz CT molecular complexity index is 632. The second-order valence-electron chi connectivity index (χ2n) is 5.84. The number of anilines is 1. The Morgan fingerprint density at radius 3 is 2.80 bits per heavy atom. The standard InChI is InChI=1S/C16H19FN2O/c1-11-7-15(18-9-16(10-20)5-2-6-16)13-8-12(17)3-4-14(13)19-11/h3-4,7-8,20H,2,5-6,9-10H2,1H3,(H,18,19). The highest BCUT2D eigenvalue weighted by Crippen LogP contribution is 2.40. The number of benzene rings is 1. The van der Waals surface area contributed by atoms with Gasteiger partial charge in [0.25, 0.3) is 0 Å². The Hall–Kier alpha value is -1.68. The van der Waals surface area contributed by atoms with Crippen molar-refractivity contribution in [3.05, 3.63) is 35.8 Å². The van der Waals surface area contributed by atoms with Crippen LogP contribution in [0.15, 0.2) is 24.3 Å². The number of aromatic nitrogens is 1. The normalized spacial score (nSPS) is 16.9. The highest BCUT2D eigenvalue weighted by atomic mass is 19.1. The van der Waals surface area contributed by atoms with E-state index in [0.29, 0.717) is 0 Å². The molecule has 1 aromatic heterocycles. The number of hydrogen-bond acceptors (Lipinski definition) is 3. The van der Waals surface area contributed by atoms with E-state index in [4.69, 9.17) is 0 Å². The molecule has 1 fully saturated rings. The lowest BCUT2D eigenvalue weighted by molar-refractivity contribution is 0.0577. The number of nitrogens with zero attached hydrogens (tertiary/aromatic N) is 1. The van der Waals surface area contributed by atoms with Crippen molar-refractivity contribution >= 4 is 16.6 Å². The zero-order valence-electron chi connectivity index (χ0n) is 11.6. The van der Waals surface area contributed by atoms with Crippen LogP contribution in [0.3, 0.4) is 0 Å². The lowest BCUT2D eigenvalue weighted by Gasteiger charge is -2.40. The third kappa shape index (κ3) is 2.36. The number of nitrogens with one attached hydrogen (secondary N) is 1. The summed E-state index contributed by atoms with van der Waals surface area (Å²) in [5.41, 5.74) is 2.59. The second-order valence-corrected chi connectivity index (χ2v) is 5.84. The molecule has 20 heavy (non-hydrogen) atoms. The van der Waals surface area contributed by atoms with Gasteiger partial charge in [0, 0.05) is 28.7 Å². The Morgan fingerprint density at radius 2 is 2.15 bits per heavy atom. The quantitative estimate of drug-likeness (QED) is 0.899. The molecule has 2 N–H and O–H groups in total. The number of rotatable bonds is 4. The molecule has 1 aliphatic carbocycles. The number of halogens is 1. The molecule has 1 heterocycles. The average Bonchev–Trinajstić information content (AvgIpc) is 2.38. The molecule has 3 nitrogen and oxygen atoms in total. The van der Waals surface area contributed by atoms with Crippen molar-refractivity contribution in [3.8, 4) is 0 Å². The van der Waals surface area contributed by atoms with E-state index in [1.807, 2.05) is 13.0 Å². The molecule has 0 unspecified atom stereocenters. The maximum absolute atomic E-state index is 13.4. The Morgan fingerprint density at radius 1 is 1.35 bits per heavy atom. The fourth-order valence-corrected chi connectivity index (χ4v) is 2.83. The summed E-state index contributed by atoms with van der Waals surface area (Å²) in [6.07, 6.45) is 3.27. The number of pyridine rings is 1. The van der Waals surface area contributed by atoms with Crippen LogP contribution in [0.25, 0.3) is 10.9 Å². The van der Waals surface area contributed by atoms with E-state index >= 15 is 0 Å². The van der Waals surface area contributed by atoms with Crippen molar-refractivity contribution in [1.82, 2.24) is 4.98 Å². The predicted molar refractivity (Wildman–Crippen MR) is 78.3 cm³/mol. The van der Waals surface area contributed by atoms with E-state index in [9.17, 15) is 9.50 Å². The first-order valence-electron chi connectivity index (χ1n) is 7.04. The van der Waals surface area contributed by atoms with Crippen molar-refractivity contribution in [2.24, 2.45) is 5.41 Å². The van der Waals surface area contributed by atoms with Gasteiger partial charge >= 0.3 is 0 Å². The van der Waals surface area contributed by atoms with Crippen molar-refractivity contribution in [2.75, 3.05) is 18.5 Å². The Balaban J connectivity index is 1.92. The first-order chi connectivity index (χ1) is 9.62. The van der Waals surface area contributed by atoms with Gasteiger partial charge in [-0.2, -0.15) is 0 Å². The highest BCUT2D eigenvalue weighted by Gasteiger charge is 2.36. The number of aliphatic hydroxyl groups excluding tert-OH is 1. The third-order valence-corrected chi connectivity index (χ3v) is 4.30. The molecular weight excluding hydrogens is 255 g/mol. The van der Waals surface area contributed by atoms with E-state index in [1.165, 1.54) is 18.6 Å². The molecule has 0 aliphatic heterocycles. The van der Waals surface area contributed by atoms with Crippen molar-refractivity contribution in [3.63, 3.8) is 0 Å². The Labute approximate surface area is 117 Å². The lowest BCUT2D eigenvalue weighted by atomic mass is 9.69. The SMILES string of the molecule is Cc1cc(NCC2(CO)CCC2)c2cc(F)ccc2n1. The first-order valence-corrected chi connectivity index (χ1v) is 7.04. The van der Waals surface area contributed by atoms with Gasteiger partial charge in [-0.3, -0.25) is 4.98 Å². The summed E-state index contributed by atoms with van der Waals surface area (Å²) in [5, 5.41) is 13.7. The molecule has 0 spiro atoms. The third-order valence-electron chi connectivity index (χ3n) is 4.30. The van der Waals surface area contributed by atoms with Gasteiger partial charge < -0.3 is 10.4 Å². The molecule has 0 radical (unpaired) electrons. The van der Waals surface area contributed by atoms with Crippen LogP contribution in [0, 0.1) is 18.2 Å². The molecule has 0 atom stereocenters. The Kier molecular flexibility index (Phi) is 3.34. The molecular formula is C16H19FN2O. The summed E-state index contributed by atoms with van der Waals surface area (Å²) in [7, 11) is 0. The highest BCUT2D eigenvalue weighted by molar-refractivity contribution is 5.91. The molecule has 4 heteroatoms. The zero-order valence-corrected chi connectivity index (χ0v) is 11.6. The minimum atomic E-state index is -0.258. The van der Waals surface area contributed by atoms with Gasteiger partial charge in [0.2, 0.25) is 0 Å². The van der Waals surface area contributed by atoms with Crippen LogP contribution in [0.4, 0.5) is 10.1 Å². The summed E-state index contributed by atoms with van der Waals surface area (Å²) >= 11 is 0. The van der Waals surface area contributed by atoms with Crippen LogP contribution in [-0.4, -0.2) is 23.2 Å². The van der Waals surface area contributed by atoms with Gasteiger partial charge in [-0.25, -0.2) is 4.39 Å². The van der Waals surface area contributed by atoms with Crippen LogP contribution in [0.2, 0.25) is 0 Å². The van der Waals surface area contributed by atoms with Crippen LogP contribution in [0.5, 0.6) is 0 Å². The van der Waals surface area contributed by atoms with Gasteiger partial charge in [0.05, 0.1) is 12.1 Å². The molecule has 0 bridgehead atoms. The molecule has 1 aliphatic rings. The molecule has 1 aromatic carbocycles. The van der Waals surface area contributed by atoms with Crippen LogP contribution >= 0.6 is 0 Å². The number of fused-ring (bicyclic) bond motifs is 1. The number of hydrogen-bond donors (Lipinski definition) is 2. The molecule has 3 rings (SSSR count). The molecule has 1 saturated carbocycles. The summed E-state index contributed by atoms with van der Waals surface area (Å²) < 4.78 is 13.4. The van der Waals surface area contributed by atoms with Crippen molar-refractivity contribution in [2.45, 2.75) is 26.2 Å². The van der Waals surface area contributed by atoms with E-state index in [1.54, 1.807) is 6.07 Å². The van der Waals surface area contributed by atoms with E-state index in [-0.39, 0.29) is 17.8 Å². The summed E-state index contributed by atoms with van der Waals surface area (Å²) in [5.74, 6) is -0.258. The second kappa shape index (κ2) is 5.02. The average molecular weight is 274 g/mol. The van der Waals surface area contributed by atoms with Gasteiger partial charge in [0.1, 0.15) is 5.82 Å². The molecule has 0 amide bonds. The van der Waals surface area contributed by atoms with Crippen LogP contribution in [-0.2, 0) is 0 Å². The van der Waals surface area contributed by atoms with E-state index in [2.05, 4.69) is 10.3 Å². The summed E-state index contributed by atoms with van der Waals surface area (Å²) in [6.45, 7) is 2.86. The largest absolute Gasteiger partial charge is 0.396 e. The monoisotopic (exact) mass is 274 g/mol. The van der Waals surface area contributed by atoms with Crippen molar-refractivity contribution in [1.29, 1.82) is 0 Å². The smallest absolute Gasteiger partial charge is 0.124 e. The van der Waals surface area contributed by atoms with Gasteiger partial charge in [-0.05, 0) is 44.0 Å². The molecule has 2 aromatic rings. The summed E-state index contributed by atoms with van der Waals surface area (Å²) in [4.78, 5) is 4.42. The maximum Gasteiger partial charge on any atom is 0.124 e. The molecule has 106 valence electrons. The first kappa shape index (κ1) is 13.3. The van der Waals surface area contributed by atoms with Crippen LogP contribution < -0.4 is 5.32 Å². The number of aryl methyl sites for hydroxylation is 1. The minimum absolute atomic E-state index is 0.00315. The zero-order chi connectivity index (χ0) is 14.2. The number of aliphatic hydroxyl groups is 1. The minimum Gasteiger partial charge on any atom is -0.396 e. The topological polar surface area (TPSA) is 45.1 Å². The fraction of sp³-hybridized carbons (Fsp3) is 0.438. The van der Waals surface area contributed by atoms with Gasteiger partial charge in [-0.1, -0.05) is 6.42 Å². The summed E-state index contributed by atoms with van der Waals surface area (Å²) in [6, 6.07) is 6.58. The maximum atomic E-state index is 13.4. The molecule has 0 saturated heterocycles. The van der Waals surface area contributed by atoms with E-state index in [0.717, 1.165) is 41.7 Å². The van der Waals surface area contributed by atoms with Crippen molar-refractivity contribution < 1.29 is 9.50 Å². The fourth-order valence-electron chi connectivity index (χ4n) is 2.83. The lowest BCUT2D eigenvalue weighted by Crippen LogP contribution is -2.39. The van der Waals surface area contributed by atoms with Crippen LogP contribution in [0.1, 0.15) is 25.0 Å². The van der Waals surface area contributed by atoms with E-state index < -0.39 is 0 Å². The van der Waals surface area contributed by atoms with Gasteiger partial charge in [-0.15, -0.1) is 0 Å². The van der Waals surface area contributed by atoms with Gasteiger partial charge in [0.15, 0.2) is 0 Å². The predicted octanol–water partition coefficient (Wildman–Crippen LogP) is 3.26.